The molecule has 3 rings (SSSR count). The van der Waals surface area contributed by atoms with E-state index in [2.05, 4.69) is 33.7 Å². The van der Waals surface area contributed by atoms with Gasteiger partial charge in [0, 0.05) is 25.3 Å². The molecule has 0 spiro atoms. The second-order valence-electron chi connectivity index (χ2n) is 6.78. The first-order valence-electron chi connectivity index (χ1n) is 7.56. The van der Waals surface area contributed by atoms with E-state index in [0.717, 1.165) is 19.1 Å². The van der Waals surface area contributed by atoms with Gasteiger partial charge < -0.3 is 14.8 Å². The van der Waals surface area contributed by atoms with Crippen molar-refractivity contribution in [2.45, 2.75) is 51.7 Å². The van der Waals surface area contributed by atoms with Crippen molar-refractivity contribution in [3.63, 3.8) is 0 Å². The number of aromatic nitrogens is 2. The molecule has 1 aliphatic carbocycles. The molecule has 2 fully saturated rings. The Morgan fingerprint density at radius 1 is 1.37 bits per heavy atom. The molecule has 1 aromatic rings. The molecule has 0 radical (unpaired) electrons. The minimum Gasteiger partial charge on any atom is -0.333 e. The molecule has 1 aromatic heterocycles. The summed E-state index contributed by atoms with van der Waals surface area (Å²) in [6.45, 7) is 6.96. The SMILES string of the molecule is CN1CCC(C)(Cn2cncc2CNC2CC2)CC1. The Balaban J connectivity index is 1.60. The van der Waals surface area contributed by atoms with Gasteiger partial charge in [-0.1, -0.05) is 6.92 Å². The van der Waals surface area contributed by atoms with Crippen LogP contribution in [0.2, 0.25) is 0 Å². The summed E-state index contributed by atoms with van der Waals surface area (Å²) < 4.78 is 2.36. The van der Waals surface area contributed by atoms with Crippen LogP contribution >= 0.6 is 0 Å². The van der Waals surface area contributed by atoms with E-state index in [9.17, 15) is 0 Å². The minimum atomic E-state index is 0.432. The number of nitrogens with zero attached hydrogens (tertiary/aromatic N) is 3. The lowest BCUT2D eigenvalue weighted by atomic mass is 9.80. The minimum absolute atomic E-state index is 0.432. The monoisotopic (exact) mass is 262 g/mol. The molecule has 4 heteroatoms. The third-order valence-corrected chi connectivity index (χ3v) is 4.69. The Morgan fingerprint density at radius 2 is 2.11 bits per heavy atom. The fraction of sp³-hybridized carbons (Fsp3) is 0.800. The summed E-state index contributed by atoms with van der Waals surface area (Å²) in [5.41, 5.74) is 1.77. The average molecular weight is 262 g/mol. The van der Waals surface area contributed by atoms with E-state index in [1.165, 1.54) is 44.5 Å². The highest BCUT2D eigenvalue weighted by Crippen LogP contribution is 2.32. The van der Waals surface area contributed by atoms with Crippen molar-refractivity contribution in [2.75, 3.05) is 20.1 Å². The van der Waals surface area contributed by atoms with Gasteiger partial charge in [0.25, 0.3) is 0 Å². The van der Waals surface area contributed by atoms with E-state index in [1.54, 1.807) is 0 Å². The first-order chi connectivity index (χ1) is 9.15. The molecule has 0 amide bonds. The molecule has 2 aliphatic rings. The molecule has 0 atom stereocenters. The second kappa shape index (κ2) is 5.25. The van der Waals surface area contributed by atoms with Crippen molar-refractivity contribution in [1.82, 2.24) is 19.8 Å². The summed E-state index contributed by atoms with van der Waals surface area (Å²) in [6.07, 6.45) is 9.30. The van der Waals surface area contributed by atoms with Crippen molar-refractivity contribution in [2.24, 2.45) is 5.41 Å². The topological polar surface area (TPSA) is 33.1 Å². The lowest BCUT2D eigenvalue weighted by molar-refractivity contribution is 0.119. The lowest BCUT2D eigenvalue weighted by Gasteiger charge is -2.38. The van der Waals surface area contributed by atoms with Crippen LogP contribution in [0.25, 0.3) is 0 Å². The predicted molar refractivity (Wildman–Crippen MR) is 76.9 cm³/mol. The van der Waals surface area contributed by atoms with Crippen LogP contribution in [0.4, 0.5) is 0 Å². The van der Waals surface area contributed by atoms with Crippen LogP contribution in [0, 0.1) is 5.41 Å². The Hall–Kier alpha value is -0.870. The van der Waals surface area contributed by atoms with E-state index >= 15 is 0 Å². The van der Waals surface area contributed by atoms with Crippen LogP contribution in [0.5, 0.6) is 0 Å². The number of piperidine rings is 1. The molecule has 4 nitrogen and oxygen atoms in total. The molecule has 0 bridgehead atoms. The Labute approximate surface area is 116 Å². The van der Waals surface area contributed by atoms with E-state index in [0.29, 0.717) is 5.41 Å². The molecule has 1 N–H and O–H groups in total. The zero-order chi connectivity index (χ0) is 13.3. The smallest absolute Gasteiger partial charge is 0.0948 e. The lowest BCUT2D eigenvalue weighted by Crippen LogP contribution is -2.38. The van der Waals surface area contributed by atoms with Gasteiger partial charge in [0.2, 0.25) is 0 Å². The molecule has 106 valence electrons. The first kappa shape index (κ1) is 13.1. The van der Waals surface area contributed by atoms with Crippen LogP contribution in [-0.2, 0) is 13.1 Å². The van der Waals surface area contributed by atoms with Crippen molar-refractivity contribution < 1.29 is 0 Å². The number of likely N-dealkylation sites (tertiary alicyclic amines) is 1. The molecular formula is C15H26N4. The largest absolute Gasteiger partial charge is 0.333 e. The van der Waals surface area contributed by atoms with Crippen molar-refractivity contribution in [3.05, 3.63) is 18.2 Å². The van der Waals surface area contributed by atoms with Crippen LogP contribution in [0.3, 0.4) is 0 Å². The Kier molecular flexibility index (Phi) is 3.63. The summed E-state index contributed by atoms with van der Waals surface area (Å²) in [5.74, 6) is 0. The summed E-state index contributed by atoms with van der Waals surface area (Å²) >= 11 is 0. The maximum absolute atomic E-state index is 4.34. The number of hydrogen-bond acceptors (Lipinski definition) is 3. The second-order valence-corrected chi connectivity index (χ2v) is 6.78. The van der Waals surface area contributed by atoms with Gasteiger partial charge in [-0.3, -0.25) is 0 Å². The maximum Gasteiger partial charge on any atom is 0.0948 e. The summed E-state index contributed by atoms with van der Waals surface area (Å²) in [6, 6.07) is 0.766. The van der Waals surface area contributed by atoms with Crippen molar-refractivity contribution in [3.8, 4) is 0 Å². The zero-order valence-corrected chi connectivity index (χ0v) is 12.2. The summed E-state index contributed by atoms with van der Waals surface area (Å²) in [7, 11) is 2.22. The summed E-state index contributed by atoms with van der Waals surface area (Å²) in [5, 5.41) is 3.59. The van der Waals surface area contributed by atoms with Gasteiger partial charge >= 0.3 is 0 Å². The zero-order valence-electron chi connectivity index (χ0n) is 12.2. The van der Waals surface area contributed by atoms with Gasteiger partial charge in [0.1, 0.15) is 0 Å². The van der Waals surface area contributed by atoms with E-state index < -0.39 is 0 Å². The van der Waals surface area contributed by atoms with Crippen LogP contribution in [0.15, 0.2) is 12.5 Å². The molecule has 19 heavy (non-hydrogen) atoms. The fourth-order valence-corrected chi connectivity index (χ4v) is 2.90. The van der Waals surface area contributed by atoms with E-state index in [1.807, 2.05) is 12.5 Å². The van der Waals surface area contributed by atoms with Gasteiger partial charge in [0.05, 0.1) is 12.0 Å². The molecule has 0 aromatic carbocycles. The standard InChI is InChI=1S/C15H26N4/c1-15(5-7-18(2)8-6-15)11-19-12-16-9-14(19)10-17-13-3-4-13/h9,12-13,17H,3-8,10-11H2,1-2H3. The van der Waals surface area contributed by atoms with E-state index in [-0.39, 0.29) is 0 Å². The molecule has 1 saturated carbocycles. The molecule has 2 heterocycles. The third-order valence-electron chi connectivity index (χ3n) is 4.69. The van der Waals surface area contributed by atoms with Gasteiger partial charge in [-0.15, -0.1) is 0 Å². The quantitative estimate of drug-likeness (QED) is 0.879. The normalized spacial score (nSPS) is 23.7. The molecule has 1 aliphatic heterocycles. The van der Waals surface area contributed by atoms with Crippen LogP contribution in [0.1, 0.15) is 38.3 Å². The van der Waals surface area contributed by atoms with Gasteiger partial charge in [0.15, 0.2) is 0 Å². The average Bonchev–Trinajstić information content (AvgIpc) is 3.12. The maximum atomic E-state index is 4.34. The Morgan fingerprint density at radius 3 is 2.79 bits per heavy atom. The third kappa shape index (κ3) is 3.37. The van der Waals surface area contributed by atoms with Crippen LogP contribution < -0.4 is 5.32 Å². The highest BCUT2D eigenvalue weighted by molar-refractivity contribution is 5.01. The first-order valence-corrected chi connectivity index (χ1v) is 7.56. The number of imidazole rings is 1. The molecular weight excluding hydrogens is 236 g/mol. The van der Waals surface area contributed by atoms with Gasteiger partial charge in [-0.05, 0) is 51.2 Å². The van der Waals surface area contributed by atoms with Crippen molar-refractivity contribution in [1.29, 1.82) is 0 Å². The highest BCUT2D eigenvalue weighted by Gasteiger charge is 2.30. The van der Waals surface area contributed by atoms with Gasteiger partial charge in [-0.25, -0.2) is 4.98 Å². The number of hydrogen-bond donors (Lipinski definition) is 1. The molecule has 0 unspecified atom stereocenters. The van der Waals surface area contributed by atoms with E-state index in [4.69, 9.17) is 0 Å². The highest BCUT2D eigenvalue weighted by atomic mass is 15.1. The fourth-order valence-electron chi connectivity index (χ4n) is 2.90. The van der Waals surface area contributed by atoms with Crippen LogP contribution in [-0.4, -0.2) is 40.6 Å². The summed E-state index contributed by atoms with van der Waals surface area (Å²) in [4.78, 5) is 6.78. The van der Waals surface area contributed by atoms with Crippen molar-refractivity contribution >= 4 is 0 Å². The number of rotatable bonds is 5. The number of nitrogens with one attached hydrogen (secondary N) is 1. The van der Waals surface area contributed by atoms with Gasteiger partial charge in [-0.2, -0.15) is 0 Å². The Bertz CT molecular complexity index is 414. The predicted octanol–water partition coefficient (Wildman–Crippen LogP) is 1.87. The molecule has 1 saturated heterocycles.